The maximum Gasteiger partial charge on any atom is 0.0244 e. The molecular formula is C8H18N2. The first kappa shape index (κ1) is 9.66. The van der Waals surface area contributed by atoms with Crippen LogP contribution in [0.15, 0.2) is 12.7 Å². The van der Waals surface area contributed by atoms with Gasteiger partial charge in [-0.15, -0.1) is 6.58 Å². The van der Waals surface area contributed by atoms with Gasteiger partial charge in [0.25, 0.3) is 0 Å². The summed E-state index contributed by atoms with van der Waals surface area (Å²) in [6.45, 7) is 7.68. The maximum absolute atomic E-state index is 5.37. The van der Waals surface area contributed by atoms with Crippen LogP contribution in [0.25, 0.3) is 0 Å². The summed E-state index contributed by atoms with van der Waals surface area (Å²) in [6, 6.07) is 0.464. The fraction of sp³-hybridized carbons (Fsp3) is 0.750. The zero-order valence-electron chi connectivity index (χ0n) is 7.01. The van der Waals surface area contributed by atoms with Crippen molar-refractivity contribution in [2.45, 2.75) is 19.4 Å². The minimum absolute atomic E-state index is 0.464. The Labute approximate surface area is 63.7 Å². The zero-order valence-corrected chi connectivity index (χ0v) is 7.01. The molecule has 0 aliphatic carbocycles. The third-order valence-corrected chi connectivity index (χ3v) is 1.75. The Morgan fingerprint density at radius 3 is 2.70 bits per heavy atom. The van der Waals surface area contributed by atoms with E-state index in [-0.39, 0.29) is 0 Å². The lowest BCUT2D eigenvalue weighted by Crippen LogP contribution is -2.29. The minimum Gasteiger partial charge on any atom is -0.330 e. The second-order valence-corrected chi connectivity index (χ2v) is 2.60. The summed E-state index contributed by atoms with van der Waals surface area (Å²) in [7, 11) is 2.09. The second kappa shape index (κ2) is 5.45. The fourth-order valence-electron chi connectivity index (χ4n) is 0.724. The Bertz CT molecular complexity index is 91.3. The number of rotatable bonds is 5. The topological polar surface area (TPSA) is 29.3 Å². The van der Waals surface area contributed by atoms with Crippen molar-refractivity contribution in [3.63, 3.8) is 0 Å². The molecule has 0 heterocycles. The van der Waals surface area contributed by atoms with Crippen LogP contribution in [0.2, 0.25) is 0 Å². The standard InChI is InChI=1S/C8H18N2/c1-4-8(2)10(3)7-5-6-9/h4,8H,1,5-7,9H2,2-3H3. The lowest BCUT2D eigenvalue weighted by Gasteiger charge is -2.20. The van der Waals surface area contributed by atoms with Crippen molar-refractivity contribution < 1.29 is 0 Å². The third-order valence-electron chi connectivity index (χ3n) is 1.75. The number of hydrogen-bond acceptors (Lipinski definition) is 2. The molecule has 2 heteroatoms. The molecule has 0 aliphatic heterocycles. The van der Waals surface area contributed by atoms with E-state index >= 15 is 0 Å². The summed E-state index contributed by atoms with van der Waals surface area (Å²) in [4.78, 5) is 2.24. The van der Waals surface area contributed by atoms with Crippen molar-refractivity contribution in [3.8, 4) is 0 Å². The van der Waals surface area contributed by atoms with Gasteiger partial charge in [0.1, 0.15) is 0 Å². The highest BCUT2D eigenvalue weighted by molar-refractivity contribution is 4.82. The van der Waals surface area contributed by atoms with Crippen LogP contribution < -0.4 is 5.73 Å². The number of hydrogen-bond donors (Lipinski definition) is 1. The molecule has 0 saturated carbocycles. The Balaban J connectivity index is 3.40. The van der Waals surface area contributed by atoms with Gasteiger partial charge in [0.05, 0.1) is 0 Å². The molecule has 1 atom stereocenters. The summed E-state index contributed by atoms with van der Waals surface area (Å²) in [5.41, 5.74) is 5.37. The number of nitrogens with two attached hydrogens (primary N) is 1. The Morgan fingerprint density at radius 1 is 1.70 bits per heavy atom. The van der Waals surface area contributed by atoms with E-state index < -0.39 is 0 Å². The third kappa shape index (κ3) is 3.64. The van der Waals surface area contributed by atoms with Crippen molar-refractivity contribution in [1.29, 1.82) is 0 Å². The molecule has 0 aliphatic rings. The van der Waals surface area contributed by atoms with E-state index in [0.29, 0.717) is 6.04 Å². The van der Waals surface area contributed by atoms with E-state index in [4.69, 9.17) is 5.73 Å². The van der Waals surface area contributed by atoms with Crippen LogP contribution in [0.3, 0.4) is 0 Å². The van der Waals surface area contributed by atoms with Gasteiger partial charge < -0.3 is 10.6 Å². The first-order valence-electron chi connectivity index (χ1n) is 3.75. The van der Waals surface area contributed by atoms with E-state index in [1.54, 1.807) is 0 Å². The molecule has 2 N–H and O–H groups in total. The molecule has 0 aromatic rings. The van der Waals surface area contributed by atoms with E-state index in [1.807, 2.05) is 6.08 Å². The highest BCUT2D eigenvalue weighted by Gasteiger charge is 2.01. The molecule has 0 radical (unpaired) electrons. The van der Waals surface area contributed by atoms with Crippen LogP contribution in [0, 0.1) is 0 Å². The van der Waals surface area contributed by atoms with Crippen LogP contribution in [0.4, 0.5) is 0 Å². The van der Waals surface area contributed by atoms with Gasteiger partial charge in [0.15, 0.2) is 0 Å². The number of likely N-dealkylation sites (N-methyl/N-ethyl adjacent to an activating group) is 1. The molecule has 0 aromatic heterocycles. The van der Waals surface area contributed by atoms with Crippen LogP contribution in [0.1, 0.15) is 13.3 Å². The highest BCUT2D eigenvalue weighted by atomic mass is 15.1. The molecule has 10 heavy (non-hydrogen) atoms. The smallest absolute Gasteiger partial charge is 0.0244 e. The Kier molecular flexibility index (Phi) is 5.26. The van der Waals surface area contributed by atoms with Gasteiger partial charge in [0.2, 0.25) is 0 Å². The van der Waals surface area contributed by atoms with Gasteiger partial charge in [-0.2, -0.15) is 0 Å². The Hall–Kier alpha value is -0.340. The van der Waals surface area contributed by atoms with Crippen LogP contribution in [-0.4, -0.2) is 31.1 Å². The van der Waals surface area contributed by atoms with E-state index in [1.165, 1.54) is 0 Å². The van der Waals surface area contributed by atoms with Gasteiger partial charge in [-0.3, -0.25) is 0 Å². The molecule has 0 fully saturated rings. The van der Waals surface area contributed by atoms with Crippen molar-refractivity contribution in [2.24, 2.45) is 5.73 Å². The van der Waals surface area contributed by atoms with Crippen LogP contribution in [-0.2, 0) is 0 Å². The molecule has 60 valence electrons. The van der Waals surface area contributed by atoms with Gasteiger partial charge >= 0.3 is 0 Å². The minimum atomic E-state index is 0.464. The van der Waals surface area contributed by atoms with Crippen molar-refractivity contribution in [1.82, 2.24) is 4.90 Å². The summed E-state index contributed by atoms with van der Waals surface area (Å²) in [6.07, 6.45) is 3.01. The largest absolute Gasteiger partial charge is 0.330 e. The summed E-state index contributed by atoms with van der Waals surface area (Å²) in [5.74, 6) is 0. The van der Waals surface area contributed by atoms with Gasteiger partial charge in [-0.05, 0) is 33.5 Å². The SMILES string of the molecule is C=CC(C)N(C)CCCN. The summed E-state index contributed by atoms with van der Waals surface area (Å²) >= 11 is 0. The van der Waals surface area contributed by atoms with Crippen LogP contribution >= 0.6 is 0 Å². The lowest BCUT2D eigenvalue weighted by atomic mass is 10.3. The number of nitrogens with zero attached hydrogens (tertiary/aromatic N) is 1. The summed E-state index contributed by atoms with van der Waals surface area (Å²) < 4.78 is 0. The van der Waals surface area contributed by atoms with Crippen molar-refractivity contribution >= 4 is 0 Å². The van der Waals surface area contributed by atoms with E-state index in [2.05, 4.69) is 25.5 Å². The van der Waals surface area contributed by atoms with Gasteiger partial charge in [0, 0.05) is 6.04 Å². The fourth-order valence-corrected chi connectivity index (χ4v) is 0.724. The average molecular weight is 142 g/mol. The molecule has 0 rings (SSSR count). The predicted molar refractivity (Wildman–Crippen MR) is 46.0 cm³/mol. The molecule has 2 nitrogen and oxygen atoms in total. The van der Waals surface area contributed by atoms with Gasteiger partial charge in [-0.25, -0.2) is 0 Å². The average Bonchev–Trinajstić information content (AvgIpc) is 1.98. The predicted octanol–water partition coefficient (Wildman–Crippen LogP) is 0.841. The quantitative estimate of drug-likeness (QED) is 0.576. The highest BCUT2D eigenvalue weighted by Crippen LogP contribution is 1.95. The molecular weight excluding hydrogens is 124 g/mol. The van der Waals surface area contributed by atoms with Gasteiger partial charge in [-0.1, -0.05) is 6.08 Å². The van der Waals surface area contributed by atoms with Crippen molar-refractivity contribution in [3.05, 3.63) is 12.7 Å². The molecule has 1 unspecified atom stereocenters. The molecule has 0 amide bonds. The first-order valence-corrected chi connectivity index (χ1v) is 3.75. The molecule has 0 spiro atoms. The molecule has 0 aromatic carbocycles. The van der Waals surface area contributed by atoms with Crippen LogP contribution in [0.5, 0.6) is 0 Å². The van der Waals surface area contributed by atoms with Crippen molar-refractivity contribution in [2.75, 3.05) is 20.1 Å². The molecule has 0 bridgehead atoms. The second-order valence-electron chi connectivity index (χ2n) is 2.60. The monoisotopic (exact) mass is 142 g/mol. The first-order chi connectivity index (χ1) is 4.72. The normalized spacial score (nSPS) is 13.6. The molecule has 0 saturated heterocycles. The lowest BCUT2D eigenvalue weighted by molar-refractivity contribution is 0.295. The maximum atomic E-state index is 5.37. The Morgan fingerprint density at radius 2 is 2.30 bits per heavy atom. The zero-order chi connectivity index (χ0) is 7.98. The van der Waals surface area contributed by atoms with E-state index in [0.717, 1.165) is 19.5 Å². The summed E-state index contributed by atoms with van der Waals surface area (Å²) in [5, 5.41) is 0. The van der Waals surface area contributed by atoms with E-state index in [9.17, 15) is 0 Å².